The SMILES string of the molecule is CCC(C)(NS(=O)(=O)N1CCN(c2ccc(I)cc2)CC1)C(=O)OC. The number of methoxy groups -OCH3 is 1. The first-order valence-corrected chi connectivity index (χ1v) is 10.6. The molecule has 1 aliphatic heterocycles. The maximum Gasteiger partial charge on any atom is 0.326 e. The number of esters is 1. The summed E-state index contributed by atoms with van der Waals surface area (Å²) >= 11 is 2.25. The number of benzene rings is 1. The van der Waals surface area contributed by atoms with Crippen LogP contribution < -0.4 is 9.62 Å². The third-order valence-corrected chi connectivity index (χ3v) is 6.94. The fourth-order valence-corrected chi connectivity index (χ4v) is 4.60. The van der Waals surface area contributed by atoms with Gasteiger partial charge in [-0.1, -0.05) is 6.92 Å². The Morgan fingerprint density at radius 1 is 1.24 bits per heavy atom. The maximum absolute atomic E-state index is 12.7. The topological polar surface area (TPSA) is 79.0 Å². The Labute approximate surface area is 163 Å². The van der Waals surface area contributed by atoms with Gasteiger partial charge in [0.2, 0.25) is 0 Å². The Morgan fingerprint density at radius 2 is 1.80 bits per heavy atom. The standard InChI is InChI=1S/C16H24IN3O4S/c1-4-16(2,15(21)24-3)18-25(22,23)20-11-9-19(10-12-20)14-7-5-13(17)6-8-14/h5-8,18H,4,9-12H2,1-3H3. The van der Waals surface area contributed by atoms with Crippen molar-refractivity contribution in [3.05, 3.63) is 27.8 Å². The number of nitrogens with one attached hydrogen (secondary N) is 1. The van der Waals surface area contributed by atoms with Crippen LogP contribution in [0.15, 0.2) is 24.3 Å². The van der Waals surface area contributed by atoms with Crippen molar-refractivity contribution in [2.45, 2.75) is 25.8 Å². The van der Waals surface area contributed by atoms with Crippen molar-refractivity contribution < 1.29 is 17.9 Å². The van der Waals surface area contributed by atoms with E-state index in [4.69, 9.17) is 4.74 Å². The van der Waals surface area contributed by atoms with E-state index in [-0.39, 0.29) is 0 Å². The van der Waals surface area contributed by atoms with Crippen LogP contribution in [0.3, 0.4) is 0 Å². The van der Waals surface area contributed by atoms with Crippen molar-refractivity contribution >= 4 is 44.5 Å². The zero-order valence-electron chi connectivity index (χ0n) is 14.7. The molecule has 2 rings (SSSR count). The number of halogens is 1. The molecule has 7 nitrogen and oxygen atoms in total. The van der Waals surface area contributed by atoms with E-state index in [1.165, 1.54) is 18.3 Å². The van der Waals surface area contributed by atoms with Crippen LogP contribution in [0.5, 0.6) is 0 Å². The number of ether oxygens (including phenoxy) is 1. The van der Waals surface area contributed by atoms with Crippen LogP contribution in [-0.4, -0.2) is 57.5 Å². The van der Waals surface area contributed by atoms with Gasteiger partial charge in [0.25, 0.3) is 10.2 Å². The van der Waals surface area contributed by atoms with Crippen molar-refractivity contribution in [3.8, 4) is 0 Å². The second-order valence-corrected chi connectivity index (χ2v) is 9.06. The van der Waals surface area contributed by atoms with E-state index in [2.05, 4.69) is 32.2 Å². The summed E-state index contributed by atoms with van der Waals surface area (Å²) in [6, 6.07) is 8.14. The van der Waals surface area contributed by atoms with Gasteiger partial charge < -0.3 is 9.64 Å². The highest BCUT2D eigenvalue weighted by Crippen LogP contribution is 2.20. The maximum atomic E-state index is 12.7. The molecule has 0 aliphatic carbocycles. The Hall–Kier alpha value is -0.910. The van der Waals surface area contributed by atoms with Crippen molar-refractivity contribution in [3.63, 3.8) is 0 Å². The van der Waals surface area contributed by atoms with E-state index in [1.54, 1.807) is 6.92 Å². The van der Waals surface area contributed by atoms with Crippen LogP contribution in [0.25, 0.3) is 0 Å². The third kappa shape index (κ3) is 4.83. The van der Waals surface area contributed by atoms with Gasteiger partial charge >= 0.3 is 5.97 Å². The number of nitrogens with zero attached hydrogens (tertiary/aromatic N) is 2. The fourth-order valence-electron chi connectivity index (χ4n) is 2.67. The number of hydrogen-bond acceptors (Lipinski definition) is 5. The quantitative estimate of drug-likeness (QED) is 0.494. The predicted molar refractivity (Wildman–Crippen MR) is 106 cm³/mol. The molecule has 1 aromatic carbocycles. The van der Waals surface area contributed by atoms with E-state index in [9.17, 15) is 13.2 Å². The molecule has 0 bridgehead atoms. The highest BCUT2D eigenvalue weighted by molar-refractivity contribution is 14.1. The van der Waals surface area contributed by atoms with Crippen LogP contribution in [0.2, 0.25) is 0 Å². The smallest absolute Gasteiger partial charge is 0.326 e. The molecule has 1 N–H and O–H groups in total. The summed E-state index contributed by atoms with van der Waals surface area (Å²) in [5.74, 6) is -0.587. The zero-order valence-corrected chi connectivity index (χ0v) is 17.6. The van der Waals surface area contributed by atoms with Gasteiger partial charge in [0.15, 0.2) is 0 Å². The highest BCUT2D eigenvalue weighted by Gasteiger charge is 2.39. The summed E-state index contributed by atoms with van der Waals surface area (Å²) in [5.41, 5.74) is -0.181. The van der Waals surface area contributed by atoms with Gasteiger partial charge in [-0.3, -0.25) is 4.79 Å². The molecule has 0 saturated carbocycles. The summed E-state index contributed by atoms with van der Waals surface area (Å²) in [5, 5.41) is 0. The van der Waals surface area contributed by atoms with Gasteiger partial charge in [0.05, 0.1) is 7.11 Å². The van der Waals surface area contributed by atoms with Gasteiger partial charge in [0, 0.05) is 35.4 Å². The Kier molecular flexibility index (Phi) is 6.68. The number of piperazine rings is 1. The zero-order chi connectivity index (χ0) is 18.7. The largest absolute Gasteiger partial charge is 0.468 e. The summed E-state index contributed by atoms with van der Waals surface area (Å²) in [6.45, 7) is 5.21. The first-order chi connectivity index (χ1) is 11.7. The van der Waals surface area contributed by atoms with Gasteiger partial charge in [0.1, 0.15) is 5.54 Å². The lowest BCUT2D eigenvalue weighted by Crippen LogP contribution is -2.59. The average molecular weight is 481 g/mol. The second-order valence-electron chi connectivity index (χ2n) is 6.15. The summed E-state index contributed by atoms with van der Waals surface area (Å²) in [6.07, 6.45) is 0.307. The number of hydrogen-bond donors (Lipinski definition) is 1. The molecule has 1 atom stereocenters. The summed E-state index contributed by atoms with van der Waals surface area (Å²) < 4.78 is 35.1. The van der Waals surface area contributed by atoms with Crippen LogP contribution in [0, 0.1) is 3.57 Å². The lowest BCUT2D eigenvalue weighted by atomic mass is 10.0. The van der Waals surface area contributed by atoms with Gasteiger partial charge in [-0.2, -0.15) is 17.4 Å². The van der Waals surface area contributed by atoms with Crippen molar-refractivity contribution in [1.29, 1.82) is 0 Å². The highest BCUT2D eigenvalue weighted by atomic mass is 127. The van der Waals surface area contributed by atoms with E-state index in [1.807, 2.05) is 24.3 Å². The number of carbonyl (C=O) groups is 1. The minimum atomic E-state index is -3.77. The molecule has 1 unspecified atom stereocenters. The molecular weight excluding hydrogens is 457 g/mol. The second kappa shape index (κ2) is 8.19. The predicted octanol–water partition coefficient (Wildman–Crippen LogP) is 1.59. The molecule has 1 saturated heterocycles. The Morgan fingerprint density at radius 3 is 2.28 bits per heavy atom. The number of carbonyl (C=O) groups excluding carboxylic acids is 1. The molecule has 1 heterocycles. The lowest BCUT2D eigenvalue weighted by molar-refractivity contribution is -0.147. The van der Waals surface area contributed by atoms with Gasteiger partial charge in [-0.25, -0.2) is 0 Å². The molecule has 9 heteroatoms. The molecule has 1 aromatic rings. The lowest BCUT2D eigenvalue weighted by Gasteiger charge is -2.37. The molecule has 1 aliphatic rings. The third-order valence-electron chi connectivity index (χ3n) is 4.47. The van der Waals surface area contributed by atoms with Crippen LogP contribution in [0.1, 0.15) is 20.3 Å². The van der Waals surface area contributed by atoms with Crippen LogP contribution in [-0.2, 0) is 19.7 Å². The normalized spacial score (nSPS) is 18.6. The van der Waals surface area contributed by atoms with Crippen LogP contribution >= 0.6 is 22.6 Å². The molecule has 25 heavy (non-hydrogen) atoms. The minimum Gasteiger partial charge on any atom is -0.468 e. The monoisotopic (exact) mass is 481 g/mol. The van der Waals surface area contributed by atoms with E-state index < -0.39 is 21.7 Å². The molecule has 0 spiro atoms. The van der Waals surface area contributed by atoms with Crippen molar-refractivity contribution in [2.75, 3.05) is 38.2 Å². The Balaban J connectivity index is 2.03. The molecule has 0 aromatic heterocycles. The number of anilines is 1. The molecule has 140 valence electrons. The summed E-state index contributed by atoms with van der Waals surface area (Å²) in [4.78, 5) is 14.1. The van der Waals surface area contributed by atoms with E-state index >= 15 is 0 Å². The van der Waals surface area contributed by atoms with Gasteiger partial charge in [-0.05, 0) is 60.2 Å². The molecule has 0 amide bonds. The van der Waals surface area contributed by atoms with Crippen molar-refractivity contribution in [1.82, 2.24) is 9.03 Å². The van der Waals surface area contributed by atoms with Crippen LogP contribution in [0.4, 0.5) is 5.69 Å². The molecular formula is C16H24IN3O4S. The molecule has 1 fully saturated rings. The average Bonchev–Trinajstić information content (AvgIpc) is 2.61. The summed E-state index contributed by atoms with van der Waals surface area (Å²) in [7, 11) is -2.51. The Bertz CT molecular complexity index is 703. The first kappa shape index (κ1) is 20.4. The van der Waals surface area contributed by atoms with E-state index in [0.29, 0.717) is 32.6 Å². The van der Waals surface area contributed by atoms with Gasteiger partial charge in [-0.15, -0.1) is 0 Å². The van der Waals surface area contributed by atoms with Crippen molar-refractivity contribution in [2.24, 2.45) is 0 Å². The molecule has 0 radical (unpaired) electrons. The van der Waals surface area contributed by atoms with E-state index in [0.717, 1.165) is 9.26 Å². The minimum absolute atomic E-state index is 0.307. The fraction of sp³-hybridized carbons (Fsp3) is 0.562. The number of rotatable bonds is 6. The first-order valence-electron chi connectivity index (χ1n) is 8.10.